The van der Waals surface area contributed by atoms with E-state index in [1.165, 1.54) is 62.4 Å². The number of carbonyl (C=O) groups is 4. The van der Waals surface area contributed by atoms with Crippen molar-refractivity contribution in [3.8, 4) is 0 Å². The van der Waals surface area contributed by atoms with Crippen LogP contribution in [0.2, 0.25) is 20.1 Å². The standard InChI is InChI=1S/C30H24Cl4O10P2/c1-15(27(35)23-11-9-19(31)13-25(23)33)17(3)45(39,40)43-29(37)21-7-5-6-8-22(21)30(38)44-46(41,42)18(4)16(2)28(36)24-12-10-20(32)14-26(24)34/h5-14H,1-4H3,(H,39,40)(H,41,42). The smallest absolute Gasteiger partial charge is 0.385 e. The molecule has 0 aliphatic rings. The van der Waals surface area contributed by atoms with Crippen molar-refractivity contribution in [2.75, 3.05) is 0 Å². The van der Waals surface area contributed by atoms with Crippen LogP contribution in [-0.2, 0) is 18.2 Å². The Bertz CT molecular complexity index is 1810. The molecule has 0 aliphatic heterocycles. The largest absolute Gasteiger partial charge is 0.406 e. The first-order valence-corrected chi connectivity index (χ1v) is 17.5. The van der Waals surface area contributed by atoms with Crippen LogP contribution in [0, 0.1) is 0 Å². The summed E-state index contributed by atoms with van der Waals surface area (Å²) >= 11 is 23.9. The van der Waals surface area contributed by atoms with Gasteiger partial charge in [-0.3, -0.25) is 9.59 Å². The van der Waals surface area contributed by atoms with E-state index in [1.54, 1.807) is 0 Å². The lowest BCUT2D eigenvalue weighted by Gasteiger charge is -2.18. The summed E-state index contributed by atoms with van der Waals surface area (Å²) in [5, 5.41) is -0.483. The van der Waals surface area contributed by atoms with E-state index in [9.17, 15) is 38.1 Å². The van der Waals surface area contributed by atoms with Crippen LogP contribution < -0.4 is 0 Å². The quantitative estimate of drug-likeness (QED) is 0.116. The number of rotatable bonds is 10. The molecule has 242 valence electrons. The third kappa shape index (κ3) is 8.45. The summed E-state index contributed by atoms with van der Waals surface area (Å²) in [4.78, 5) is 73.2. The molecule has 0 aliphatic carbocycles. The Morgan fingerprint density at radius 3 is 1.20 bits per heavy atom. The molecule has 0 saturated carbocycles. The number of allylic oxidation sites excluding steroid dienone is 4. The first kappa shape index (κ1) is 37.4. The second-order valence-corrected chi connectivity index (χ2v) is 15.1. The van der Waals surface area contributed by atoms with Gasteiger partial charge in [0, 0.05) is 32.3 Å². The molecule has 2 atom stereocenters. The molecule has 0 spiro atoms. The number of benzene rings is 3. The minimum absolute atomic E-state index is 0.0125. The minimum atomic E-state index is -5.01. The highest BCUT2D eigenvalue weighted by atomic mass is 35.5. The van der Waals surface area contributed by atoms with E-state index in [2.05, 4.69) is 0 Å². The summed E-state index contributed by atoms with van der Waals surface area (Å²) in [6.07, 6.45) is 0. The third-order valence-corrected chi connectivity index (χ3v) is 11.0. The van der Waals surface area contributed by atoms with Crippen LogP contribution in [0.5, 0.6) is 0 Å². The number of ketones is 2. The molecule has 46 heavy (non-hydrogen) atoms. The Labute approximate surface area is 283 Å². The molecule has 3 aromatic rings. The van der Waals surface area contributed by atoms with Gasteiger partial charge in [-0.1, -0.05) is 58.5 Å². The summed E-state index contributed by atoms with van der Waals surface area (Å²) in [6.45, 7) is 4.66. The molecule has 0 saturated heterocycles. The van der Waals surface area contributed by atoms with Crippen molar-refractivity contribution in [1.29, 1.82) is 0 Å². The zero-order valence-electron chi connectivity index (χ0n) is 24.3. The van der Waals surface area contributed by atoms with Gasteiger partial charge >= 0.3 is 27.1 Å². The molecule has 16 heteroatoms. The maximum atomic E-state index is 13.1. The highest BCUT2D eigenvalue weighted by Gasteiger charge is 2.35. The fourth-order valence-electron chi connectivity index (χ4n) is 3.80. The Balaban J connectivity index is 1.87. The van der Waals surface area contributed by atoms with E-state index < -0.39 is 60.5 Å². The van der Waals surface area contributed by atoms with Gasteiger partial charge < -0.3 is 18.8 Å². The average molecular weight is 748 g/mol. The molecule has 3 aromatic carbocycles. The van der Waals surface area contributed by atoms with Gasteiger partial charge in [0.25, 0.3) is 0 Å². The molecule has 2 N–H and O–H groups in total. The number of hydrogen-bond donors (Lipinski definition) is 2. The summed E-state index contributed by atoms with van der Waals surface area (Å²) < 4.78 is 35.9. The van der Waals surface area contributed by atoms with Gasteiger partial charge in [0.1, 0.15) is 0 Å². The van der Waals surface area contributed by atoms with E-state index in [1.807, 2.05) is 0 Å². The highest BCUT2D eigenvalue weighted by molar-refractivity contribution is 7.58. The normalized spacial score (nSPS) is 15.0. The Kier molecular flexibility index (Phi) is 12.0. The molecule has 3 rings (SSSR count). The molecule has 0 aromatic heterocycles. The van der Waals surface area contributed by atoms with Crippen LogP contribution in [0.1, 0.15) is 69.1 Å². The lowest BCUT2D eigenvalue weighted by Crippen LogP contribution is -2.14. The van der Waals surface area contributed by atoms with Gasteiger partial charge in [-0.25, -0.2) is 18.7 Å². The van der Waals surface area contributed by atoms with Crippen LogP contribution in [0.3, 0.4) is 0 Å². The average Bonchev–Trinajstić information content (AvgIpc) is 2.98. The van der Waals surface area contributed by atoms with E-state index in [0.717, 1.165) is 26.0 Å². The van der Waals surface area contributed by atoms with Gasteiger partial charge in [-0.2, -0.15) is 0 Å². The number of carbonyl (C=O) groups excluding carboxylic acids is 4. The fourth-order valence-corrected chi connectivity index (χ4v) is 6.76. The van der Waals surface area contributed by atoms with Crippen LogP contribution >= 0.6 is 61.6 Å². The van der Waals surface area contributed by atoms with Crippen LogP contribution in [-0.4, -0.2) is 33.3 Å². The van der Waals surface area contributed by atoms with Gasteiger partial charge in [0.2, 0.25) is 0 Å². The first-order chi connectivity index (χ1) is 21.3. The number of Topliss-reactive ketones (excluding diaryl/α,β-unsaturated/α-hetero) is 2. The van der Waals surface area contributed by atoms with Crippen molar-refractivity contribution in [3.63, 3.8) is 0 Å². The molecule has 10 nitrogen and oxygen atoms in total. The molecule has 2 unspecified atom stereocenters. The number of halogens is 4. The predicted molar refractivity (Wildman–Crippen MR) is 175 cm³/mol. The monoisotopic (exact) mass is 746 g/mol. The van der Waals surface area contributed by atoms with Crippen LogP contribution in [0.4, 0.5) is 0 Å². The van der Waals surface area contributed by atoms with Crippen LogP contribution in [0.25, 0.3) is 0 Å². The molecular weight excluding hydrogens is 724 g/mol. The number of hydrogen-bond acceptors (Lipinski definition) is 8. The first-order valence-electron chi connectivity index (χ1n) is 12.9. The van der Waals surface area contributed by atoms with Crippen molar-refractivity contribution < 1.29 is 47.1 Å². The van der Waals surface area contributed by atoms with E-state index in [0.29, 0.717) is 0 Å². The molecular formula is C30H24Cl4O10P2. The lowest BCUT2D eigenvalue weighted by atomic mass is 10.0. The Morgan fingerprint density at radius 2 is 0.891 bits per heavy atom. The minimum Gasteiger partial charge on any atom is -0.385 e. The second kappa shape index (κ2) is 14.8. The predicted octanol–water partition coefficient (Wildman–Crippen LogP) is 9.34. The van der Waals surface area contributed by atoms with Gasteiger partial charge in [-0.15, -0.1) is 0 Å². The molecule has 0 amide bonds. The molecule has 0 bridgehead atoms. The van der Waals surface area contributed by atoms with E-state index in [-0.39, 0.29) is 42.4 Å². The molecule has 0 radical (unpaired) electrons. The Hall–Kier alpha value is -3.04. The summed E-state index contributed by atoms with van der Waals surface area (Å²) in [5.74, 6) is -4.43. The third-order valence-electron chi connectivity index (χ3n) is 6.75. The maximum absolute atomic E-state index is 13.1. The second-order valence-electron chi connectivity index (χ2n) is 9.67. The van der Waals surface area contributed by atoms with Crippen molar-refractivity contribution in [1.82, 2.24) is 0 Å². The van der Waals surface area contributed by atoms with Crippen LogP contribution in [0.15, 0.2) is 82.4 Å². The van der Waals surface area contributed by atoms with Gasteiger partial charge in [0.15, 0.2) is 11.6 Å². The highest BCUT2D eigenvalue weighted by Crippen LogP contribution is 2.54. The van der Waals surface area contributed by atoms with Crippen molar-refractivity contribution in [2.24, 2.45) is 0 Å². The van der Waals surface area contributed by atoms with Gasteiger partial charge in [-0.05, 0) is 76.2 Å². The zero-order valence-corrected chi connectivity index (χ0v) is 29.2. The molecule has 0 heterocycles. The fraction of sp³-hybridized carbons (Fsp3) is 0.133. The molecule has 0 fully saturated rings. The maximum Gasteiger partial charge on any atom is 0.406 e. The SMILES string of the molecule is CC(C(=O)c1ccc(Cl)cc1Cl)=C(C)P(=O)(O)OC(=O)c1ccccc1C(=O)OP(=O)(O)C(C)=C(C)C(=O)c1ccc(Cl)cc1Cl. The topological polar surface area (TPSA) is 161 Å². The van der Waals surface area contributed by atoms with Gasteiger partial charge in [0.05, 0.1) is 31.8 Å². The van der Waals surface area contributed by atoms with Crippen molar-refractivity contribution in [3.05, 3.63) is 125 Å². The van der Waals surface area contributed by atoms with E-state index in [4.69, 9.17) is 55.5 Å². The van der Waals surface area contributed by atoms with Crippen molar-refractivity contribution >= 4 is 85.1 Å². The summed E-state index contributed by atoms with van der Waals surface area (Å²) in [5.41, 5.74) is -1.72. The summed E-state index contributed by atoms with van der Waals surface area (Å²) in [6, 6.07) is 12.7. The van der Waals surface area contributed by atoms with Crippen molar-refractivity contribution in [2.45, 2.75) is 27.7 Å². The van der Waals surface area contributed by atoms with E-state index >= 15 is 0 Å². The Morgan fingerprint density at radius 1 is 0.565 bits per heavy atom. The zero-order chi connectivity index (χ0) is 34.7. The summed E-state index contributed by atoms with van der Waals surface area (Å²) in [7, 11) is -10.0. The lowest BCUT2D eigenvalue weighted by molar-refractivity contribution is 0.0674.